The van der Waals surface area contributed by atoms with Gasteiger partial charge in [-0.1, -0.05) is 24.0 Å². The van der Waals surface area contributed by atoms with Crippen LogP contribution in [0.5, 0.6) is 0 Å². The van der Waals surface area contributed by atoms with E-state index in [1.54, 1.807) is 37.3 Å². The van der Waals surface area contributed by atoms with Gasteiger partial charge in [0.2, 0.25) is 0 Å². The quantitative estimate of drug-likeness (QED) is 0.342. The summed E-state index contributed by atoms with van der Waals surface area (Å²) in [5.41, 5.74) is 1.37. The molecule has 1 aromatic heterocycles. The van der Waals surface area contributed by atoms with Crippen LogP contribution in [0.4, 0.5) is 5.69 Å². The highest BCUT2D eigenvalue weighted by atomic mass is 32.2. The van der Waals surface area contributed by atoms with Gasteiger partial charge in [-0.2, -0.15) is 0 Å². The summed E-state index contributed by atoms with van der Waals surface area (Å²) in [7, 11) is 0. The van der Waals surface area contributed by atoms with Crippen LogP contribution in [0.2, 0.25) is 0 Å². The van der Waals surface area contributed by atoms with E-state index >= 15 is 0 Å². The lowest BCUT2D eigenvalue weighted by molar-refractivity contribution is -0.385. The number of hydrogen-bond donors (Lipinski definition) is 0. The van der Waals surface area contributed by atoms with Gasteiger partial charge in [-0.15, -0.1) is 0 Å². The summed E-state index contributed by atoms with van der Waals surface area (Å²) in [6, 6.07) is 8.33. The number of aryl methyl sites for hydroxylation is 1. The van der Waals surface area contributed by atoms with E-state index in [1.807, 2.05) is 6.92 Å². The Bertz CT molecular complexity index is 917. The number of thiocarbonyl (C=S) groups is 1. The third kappa shape index (κ3) is 3.35. The number of nitrogens with zero attached hydrogens (tertiary/aromatic N) is 2. The van der Waals surface area contributed by atoms with Gasteiger partial charge in [0.1, 0.15) is 15.8 Å². The number of carbonyl (C=O) groups is 1. The molecule has 3 rings (SSSR count). The van der Waals surface area contributed by atoms with E-state index in [9.17, 15) is 14.9 Å². The molecule has 0 spiro atoms. The average Bonchev–Trinajstić information content (AvgIpc) is 3.12. The molecule has 128 valence electrons. The topological polar surface area (TPSA) is 76.6 Å². The van der Waals surface area contributed by atoms with Gasteiger partial charge >= 0.3 is 0 Å². The zero-order valence-electron chi connectivity index (χ0n) is 13.5. The maximum Gasteiger partial charge on any atom is 0.272 e. The van der Waals surface area contributed by atoms with Crippen LogP contribution in [0.3, 0.4) is 0 Å². The van der Waals surface area contributed by atoms with Crippen molar-refractivity contribution in [3.8, 4) is 11.3 Å². The zero-order chi connectivity index (χ0) is 18.1. The monoisotopic (exact) mass is 374 g/mol. The Kier molecular flexibility index (Phi) is 4.73. The summed E-state index contributed by atoms with van der Waals surface area (Å²) in [6.45, 7) is 4.09. The van der Waals surface area contributed by atoms with Crippen molar-refractivity contribution in [1.29, 1.82) is 0 Å². The molecule has 6 nitrogen and oxygen atoms in total. The van der Waals surface area contributed by atoms with Crippen molar-refractivity contribution in [2.75, 3.05) is 6.54 Å². The van der Waals surface area contributed by atoms with Crippen molar-refractivity contribution in [3.05, 3.63) is 56.7 Å². The van der Waals surface area contributed by atoms with E-state index in [2.05, 4.69) is 0 Å². The minimum Gasteiger partial charge on any atom is -0.457 e. The number of hydrogen-bond acceptors (Lipinski definition) is 6. The van der Waals surface area contributed by atoms with E-state index in [0.29, 0.717) is 32.9 Å². The summed E-state index contributed by atoms with van der Waals surface area (Å²) >= 11 is 6.43. The fourth-order valence-corrected chi connectivity index (χ4v) is 3.87. The third-order valence-electron chi connectivity index (χ3n) is 3.77. The SMILES string of the molecule is CCN1C(=O)/C(=C\c2ccc(-c3ccc([N+](=O)[O-])c(C)c3)o2)SC1=S. The second kappa shape index (κ2) is 6.81. The summed E-state index contributed by atoms with van der Waals surface area (Å²) in [5, 5.41) is 10.9. The molecular weight excluding hydrogens is 360 g/mol. The molecule has 1 amide bonds. The molecule has 1 aliphatic heterocycles. The second-order valence-corrected chi connectivity index (χ2v) is 7.06. The lowest BCUT2D eigenvalue weighted by Gasteiger charge is -2.09. The van der Waals surface area contributed by atoms with Crippen LogP contribution in [0.1, 0.15) is 18.2 Å². The minimum absolute atomic E-state index is 0.0683. The molecule has 0 unspecified atom stereocenters. The highest BCUT2D eigenvalue weighted by Gasteiger charge is 2.30. The van der Waals surface area contributed by atoms with Gasteiger partial charge in [-0.3, -0.25) is 19.8 Å². The predicted molar refractivity (Wildman–Crippen MR) is 101 cm³/mol. The fourth-order valence-electron chi connectivity index (χ4n) is 2.50. The Morgan fingerprint density at radius 1 is 1.36 bits per heavy atom. The van der Waals surface area contributed by atoms with Crippen molar-refractivity contribution in [3.63, 3.8) is 0 Å². The van der Waals surface area contributed by atoms with Crippen molar-refractivity contribution < 1.29 is 14.1 Å². The molecule has 0 aliphatic carbocycles. The maximum absolute atomic E-state index is 12.2. The first-order valence-corrected chi connectivity index (χ1v) is 8.73. The number of benzene rings is 1. The summed E-state index contributed by atoms with van der Waals surface area (Å²) in [5.74, 6) is 0.986. The fraction of sp³-hybridized carbons (Fsp3) is 0.176. The normalized spacial score (nSPS) is 16.1. The summed E-state index contributed by atoms with van der Waals surface area (Å²) < 4.78 is 6.30. The Morgan fingerprint density at radius 3 is 2.72 bits per heavy atom. The molecule has 0 radical (unpaired) electrons. The number of thioether (sulfide) groups is 1. The van der Waals surface area contributed by atoms with Gasteiger partial charge in [0.25, 0.3) is 11.6 Å². The zero-order valence-corrected chi connectivity index (χ0v) is 15.1. The van der Waals surface area contributed by atoms with Gasteiger partial charge < -0.3 is 4.42 Å². The number of carbonyl (C=O) groups excluding carboxylic acids is 1. The van der Waals surface area contributed by atoms with Crippen molar-refractivity contribution in [2.24, 2.45) is 0 Å². The number of likely N-dealkylation sites (N-methyl/N-ethyl adjacent to an activating group) is 1. The lowest BCUT2D eigenvalue weighted by atomic mass is 10.1. The minimum atomic E-state index is -0.414. The van der Waals surface area contributed by atoms with Gasteiger partial charge in [0.05, 0.1) is 9.83 Å². The maximum atomic E-state index is 12.2. The van der Waals surface area contributed by atoms with Gasteiger partial charge in [0, 0.05) is 29.8 Å². The highest BCUT2D eigenvalue weighted by Crippen LogP contribution is 2.34. The second-order valence-electron chi connectivity index (χ2n) is 5.39. The van der Waals surface area contributed by atoms with Gasteiger partial charge in [-0.25, -0.2) is 0 Å². The highest BCUT2D eigenvalue weighted by molar-refractivity contribution is 8.26. The molecule has 2 heterocycles. The number of furan rings is 1. The molecule has 0 bridgehead atoms. The first kappa shape index (κ1) is 17.4. The summed E-state index contributed by atoms with van der Waals surface area (Å²) in [6.07, 6.45) is 1.66. The van der Waals surface area contributed by atoms with Crippen LogP contribution >= 0.6 is 24.0 Å². The van der Waals surface area contributed by atoms with E-state index < -0.39 is 4.92 Å². The molecule has 0 atom stereocenters. The Hall–Kier alpha value is -2.45. The van der Waals surface area contributed by atoms with Crippen molar-refractivity contribution >= 4 is 46.0 Å². The number of nitro groups is 1. The number of amides is 1. The molecular formula is C17H14N2O4S2. The van der Waals surface area contributed by atoms with E-state index in [-0.39, 0.29) is 11.6 Å². The summed E-state index contributed by atoms with van der Waals surface area (Å²) in [4.78, 5) is 24.8. The molecule has 0 saturated carbocycles. The van der Waals surface area contributed by atoms with Crippen LogP contribution in [0, 0.1) is 17.0 Å². The first-order chi connectivity index (χ1) is 11.9. The molecule has 1 aliphatic rings. The largest absolute Gasteiger partial charge is 0.457 e. The first-order valence-electron chi connectivity index (χ1n) is 7.51. The molecule has 2 aromatic rings. The van der Waals surface area contributed by atoms with Crippen LogP contribution in [0.25, 0.3) is 17.4 Å². The molecule has 1 aromatic carbocycles. The van der Waals surface area contributed by atoms with E-state index in [0.717, 1.165) is 5.56 Å². The standard InChI is InChI=1S/C17H14N2O4S2/c1-3-18-16(20)15(25-17(18)24)9-12-5-7-14(23-12)11-4-6-13(19(21)22)10(2)8-11/h4-9H,3H2,1-2H3/b15-9+. The van der Waals surface area contributed by atoms with Crippen LogP contribution in [-0.2, 0) is 4.79 Å². The molecule has 0 N–H and O–H groups in total. The third-order valence-corrected chi connectivity index (χ3v) is 5.15. The van der Waals surface area contributed by atoms with Crippen LogP contribution in [-0.4, -0.2) is 26.6 Å². The Labute approximate surface area is 153 Å². The Morgan fingerprint density at radius 2 is 2.12 bits per heavy atom. The molecule has 8 heteroatoms. The van der Waals surface area contributed by atoms with Gasteiger partial charge in [-0.05, 0) is 38.1 Å². The molecule has 25 heavy (non-hydrogen) atoms. The number of nitro benzene ring substituents is 1. The smallest absolute Gasteiger partial charge is 0.272 e. The van der Waals surface area contributed by atoms with Gasteiger partial charge in [0.15, 0.2) is 0 Å². The molecule has 1 fully saturated rings. The number of rotatable bonds is 4. The lowest BCUT2D eigenvalue weighted by Crippen LogP contribution is -2.27. The van der Waals surface area contributed by atoms with Crippen LogP contribution < -0.4 is 0 Å². The van der Waals surface area contributed by atoms with E-state index in [1.165, 1.54) is 22.7 Å². The van der Waals surface area contributed by atoms with E-state index in [4.69, 9.17) is 16.6 Å². The Balaban J connectivity index is 1.87. The van der Waals surface area contributed by atoms with Crippen molar-refractivity contribution in [2.45, 2.75) is 13.8 Å². The van der Waals surface area contributed by atoms with Crippen LogP contribution in [0.15, 0.2) is 39.7 Å². The predicted octanol–water partition coefficient (Wildman–Crippen LogP) is 4.38. The van der Waals surface area contributed by atoms with Crippen molar-refractivity contribution in [1.82, 2.24) is 4.90 Å². The average molecular weight is 374 g/mol. The molecule has 1 saturated heterocycles.